The summed E-state index contributed by atoms with van der Waals surface area (Å²) in [6.45, 7) is 8.84. The number of hydrogen-bond acceptors (Lipinski definition) is 2. The number of benzene rings is 2. The van der Waals surface area contributed by atoms with Crippen LogP contribution in [0.3, 0.4) is 0 Å². The van der Waals surface area contributed by atoms with Crippen LogP contribution in [0.25, 0.3) is 0 Å². The minimum Gasteiger partial charge on any atom is -0.349 e. The molecule has 1 amide bonds. The van der Waals surface area contributed by atoms with Crippen molar-refractivity contribution in [2.45, 2.75) is 46.2 Å². The number of rotatable bonds is 5. The van der Waals surface area contributed by atoms with E-state index in [0.29, 0.717) is 10.0 Å². The molecule has 0 aliphatic carbocycles. The Morgan fingerprint density at radius 2 is 1.86 bits per heavy atom. The van der Waals surface area contributed by atoms with Gasteiger partial charge in [-0.3, -0.25) is 9.69 Å². The van der Waals surface area contributed by atoms with Gasteiger partial charge in [0.05, 0.1) is 6.04 Å². The smallest absolute Gasteiger partial charge is 0.223 e. The summed E-state index contributed by atoms with van der Waals surface area (Å²) in [6.07, 6.45) is 1.74. The van der Waals surface area contributed by atoms with E-state index in [0.717, 1.165) is 38.0 Å². The molecule has 1 saturated heterocycles. The lowest BCUT2D eigenvalue weighted by Gasteiger charge is -2.32. The van der Waals surface area contributed by atoms with Gasteiger partial charge in [-0.05, 0) is 75.5 Å². The molecule has 3 nitrogen and oxygen atoms in total. The van der Waals surface area contributed by atoms with Crippen LogP contribution >= 0.6 is 23.2 Å². The Kier molecular flexibility index (Phi) is 7.03. The van der Waals surface area contributed by atoms with E-state index in [-0.39, 0.29) is 17.9 Å². The molecule has 0 saturated carbocycles. The van der Waals surface area contributed by atoms with Gasteiger partial charge in [0.25, 0.3) is 0 Å². The van der Waals surface area contributed by atoms with Gasteiger partial charge in [0.1, 0.15) is 0 Å². The Labute approximate surface area is 178 Å². The molecule has 150 valence electrons. The zero-order valence-corrected chi connectivity index (χ0v) is 18.3. The monoisotopic (exact) mass is 418 g/mol. The number of likely N-dealkylation sites (tertiary alicyclic amines) is 1. The largest absolute Gasteiger partial charge is 0.349 e. The fourth-order valence-electron chi connectivity index (χ4n) is 3.96. The maximum atomic E-state index is 12.8. The topological polar surface area (TPSA) is 32.3 Å². The highest BCUT2D eigenvalue weighted by molar-refractivity contribution is 6.35. The number of halogens is 2. The van der Waals surface area contributed by atoms with Crippen molar-refractivity contribution in [2.75, 3.05) is 13.1 Å². The van der Waals surface area contributed by atoms with E-state index in [2.05, 4.69) is 49.2 Å². The zero-order valence-electron chi connectivity index (χ0n) is 16.8. The van der Waals surface area contributed by atoms with Crippen LogP contribution in [0.5, 0.6) is 0 Å². The molecule has 0 bridgehead atoms. The van der Waals surface area contributed by atoms with Gasteiger partial charge in [-0.15, -0.1) is 0 Å². The van der Waals surface area contributed by atoms with Crippen molar-refractivity contribution >= 4 is 29.1 Å². The fourth-order valence-corrected chi connectivity index (χ4v) is 4.43. The molecule has 2 aromatic carbocycles. The normalized spacial score (nSPS) is 16.8. The van der Waals surface area contributed by atoms with Crippen molar-refractivity contribution in [1.82, 2.24) is 10.2 Å². The first kappa shape index (κ1) is 21.2. The van der Waals surface area contributed by atoms with Gasteiger partial charge in [0.15, 0.2) is 0 Å². The molecule has 0 spiro atoms. The summed E-state index contributed by atoms with van der Waals surface area (Å²) in [5.41, 5.74) is 4.74. The number of carbonyl (C=O) groups is 1. The highest BCUT2D eigenvalue weighted by Crippen LogP contribution is 2.26. The molecule has 1 atom stereocenters. The lowest BCUT2D eigenvalue weighted by molar-refractivity contribution is -0.127. The van der Waals surface area contributed by atoms with Crippen LogP contribution in [0.15, 0.2) is 36.4 Å². The lowest BCUT2D eigenvalue weighted by Crippen LogP contribution is -2.41. The van der Waals surface area contributed by atoms with Crippen molar-refractivity contribution in [1.29, 1.82) is 0 Å². The first-order valence-corrected chi connectivity index (χ1v) is 10.6. The van der Waals surface area contributed by atoms with Crippen LogP contribution in [0.1, 0.15) is 48.1 Å². The highest BCUT2D eigenvalue weighted by Gasteiger charge is 2.26. The second-order valence-corrected chi connectivity index (χ2v) is 8.72. The standard InChI is InChI=1S/C23H28Cl2N2O/c1-15-4-7-21(16(2)12-15)17(3)26-23(28)18-8-10-27(11-9-18)14-19-5-6-20(24)13-22(19)25/h4-7,12-13,17-18H,8-11,14H2,1-3H3,(H,26,28)/t17-/m1/s1. The molecule has 0 unspecified atom stereocenters. The summed E-state index contributed by atoms with van der Waals surface area (Å²) in [5, 5.41) is 4.57. The minimum absolute atomic E-state index is 0.0269. The van der Waals surface area contributed by atoms with Crippen molar-refractivity contribution in [3.63, 3.8) is 0 Å². The third kappa shape index (κ3) is 5.28. The van der Waals surface area contributed by atoms with Crippen molar-refractivity contribution in [3.05, 3.63) is 68.7 Å². The molecular weight excluding hydrogens is 391 g/mol. The Morgan fingerprint density at radius 3 is 2.50 bits per heavy atom. The fraction of sp³-hybridized carbons (Fsp3) is 0.435. The first-order chi connectivity index (χ1) is 13.3. The second-order valence-electron chi connectivity index (χ2n) is 7.88. The highest BCUT2D eigenvalue weighted by atomic mass is 35.5. The van der Waals surface area contributed by atoms with Crippen molar-refractivity contribution < 1.29 is 4.79 Å². The van der Waals surface area contributed by atoms with Crippen LogP contribution in [-0.2, 0) is 11.3 Å². The summed E-state index contributed by atoms with van der Waals surface area (Å²) in [6, 6.07) is 12.1. The lowest BCUT2D eigenvalue weighted by atomic mass is 9.94. The molecule has 3 rings (SSSR count). The summed E-state index contributed by atoms with van der Waals surface area (Å²) in [5.74, 6) is 0.238. The first-order valence-electron chi connectivity index (χ1n) is 9.87. The molecule has 1 fully saturated rings. The predicted octanol–water partition coefficient (Wildman–Crippen LogP) is 5.70. The molecule has 28 heavy (non-hydrogen) atoms. The van der Waals surface area contributed by atoms with Gasteiger partial charge in [0, 0.05) is 22.5 Å². The number of amides is 1. The summed E-state index contributed by atoms with van der Waals surface area (Å²) in [7, 11) is 0. The molecule has 1 aliphatic heterocycles. The number of carbonyl (C=O) groups excluding carboxylic acids is 1. The zero-order chi connectivity index (χ0) is 20.3. The number of piperidine rings is 1. The Bertz CT molecular complexity index is 844. The molecule has 1 aliphatic rings. The molecule has 1 N–H and O–H groups in total. The number of aryl methyl sites for hydroxylation is 2. The van der Waals surface area contributed by atoms with E-state index in [1.54, 1.807) is 6.07 Å². The molecule has 1 heterocycles. The Morgan fingerprint density at radius 1 is 1.14 bits per heavy atom. The van der Waals surface area contributed by atoms with Crippen LogP contribution in [0.2, 0.25) is 10.0 Å². The van der Waals surface area contributed by atoms with Gasteiger partial charge in [0.2, 0.25) is 5.91 Å². The van der Waals surface area contributed by atoms with Crippen molar-refractivity contribution in [3.8, 4) is 0 Å². The average molecular weight is 419 g/mol. The van der Waals surface area contributed by atoms with E-state index in [1.807, 2.05) is 12.1 Å². The summed E-state index contributed by atoms with van der Waals surface area (Å²) in [4.78, 5) is 15.1. The van der Waals surface area contributed by atoms with E-state index < -0.39 is 0 Å². The quantitative estimate of drug-likeness (QED) is 0.674. The second kappa shape index (κ2) is 9.30. The van der Waals surface area contributed by atoms with Crippen LogP contribution in [0, 0.1) is 19.8 Å². The maximum absolute atomic E-state index is 12.8. The number of nitrogens with zero attached hydrogens (tertiary/aromatic N) is 1. The van der Waals surface area contributed by atoms with Gasteiger partial charge in [-0.2, -0.15) is 0 Å². The molecule has 0 radical (unpaired) electrons. The molecule has 5 heteroatoms. The molecule has 2 aromatic rings. The van der Waals surface area contributed by atoms with Crippen LogP contribution in [-0.4, -0.2) is 23.9 Å². The molecular formula is C23H28Cl2N2O. The number of hydrogen-bond donors (Lipinski definition) is 1. The van der Waals surface area contributed by atoms with Gasteiger partial charge in [-0.1, -0.05) is 53.0 Å². The van der Waals surface area contributed by atoms with E-state index in [1.165, 1.54) is 16.7 Å². The SMILES string of the molecule is Cc1ccc([C@@H](C)NC(=O)C2CCN(Cc3ccc(Cl)cc3Cl)CC2)c(C)c1. The Hall–Kier alpha value is -1.55. The average Bonchev–Trinajstić information content (AvgIpc) is 2.64. The Balaban J connectivity index is 1.52. The van der Waals surface area contributed by atoms with Gasteiger partial charge >= 0.3 is 0 Å². The maximum Gasteiger partial charge on any atom is 0.223 e. The summed E-state index contributed by atoms with van der Waals surface area (Å²) < 4.78 is 0. The molecule has 0 aromatic heterocycles. The van der Waals surface area contributed by atoms with Gasteiger partial charge < -0.3 is 5.32 Å². The summed E-state index contributed by atoms with van der Waals surface area (Å²) >= 11 is 12.3. The van der Waals surface area contributed by atoms with Crippen LogP contribution in [0.4, 0.5) is 0 Å². The van der Waals surface area contributed by atoms with Crippen molar-refractivity contribution in [2.24, 2.45) is 5.92 Å². The predicted molar refractivity (Wildman–Crippen MR) is 117 cm³/mol. The van der Waals surface area contributed by atoms with Gasteiger partial charge in [-0.25, -0.2) is 0 Å². The van der Waals surface area contributed by atoms with E-state index in [9.17, 15) is 4.79 Å². The number of nitrogens with one attached hydrogen (secondary N) is 1. The van der Waals surface area contributed by atoms with E-state index in [4.69, 9.17) is 23.2 Å². The third-order valence-corrected chi connectivity index (χ3v) is 6.20. The third-order valence-electron chi connectivity index (χ3n) is 5.62. The van der Waals surface area contributed by atoms with E-state index >= 15 is 0 Å². The minimum atomic E-state index is 0.0269. The van der Waals surface area contributed by atoms with Crippen LogP contribution < -0.4 is 5.32 Å².